The lowest BCUT2D eigenvalue weighted by Gasteiger charge is -2.07. The van der Waals surface area contributed by atoms with Crippen molar-refractivity contribution in [3.05, 3.63) is 72.3 Å². The minimum absolute atomic E-state index is 0.223. The number of anilines is 1. The van der Waals surface area contributed by atoms with Crippen molar-refractivity contribution in [2.24, 2.45) is 0 Å². The molecule has 0 spiro atoms. The summed E-state index contributed by atoms with van der Waals surface area (Å²) in [5, 5.41) is 3.78. The maximum Gasteiger partial charge on any atom is 0.248 e. The molecule has 0 aliphatic rings. The molecular weight excluding hydrogens is 424 g/mol. The Morgan fingerprint density at radius 2 is 1.69 bits per heavy atom. The number of ether oxygens (including phenoxy) is 3. The number of rotatable bonds is 7. The van der Waals surface area contributed by atoms with Gasteiger partial charge in [0.25, 0.3) is 0 Å². The molecule has 6 nitrogen and oxygen atoms in total. The summed E-state index contributed by atoms with van der Waals surface area (Å²) in [6.45, 7) is 0. The Kier molecular flexibility index (Phi) is 6.37. The third-order valence-electron chi connectivity index (χ3n) is 4.83. The summed E-state index contributed by atoms with van der Waals surface area (Å²) in [5.74, 6) is 1.84. The molecule has 162 valence electrons. The Morgan fingerprint density at radius 1 is 0.906 bits per heavy atom. The van der Waals surface area contributed by atoms with Crippen molar-refractivity contribution in [1.82, 2.24) is 4.98 Å². The summed E-state index contributed by atoms with van der Waals surface area (Å²) in [4.78, 5) is 17.0. The lowest BCUT2D eigenvalue weighted by atomic mass is 10.2. The van der Waals surface area contributed by atoms with Crippen LogP contribution in [0.4, 0.5) is 5.69 Å². The number of hydrogen-bond donors (Lipinski definition) is 1. The van der Waals surface area contributed by atoms with E-state index in [-0.39, 0.29) is 5.91 Å². The van der Waals surface area contributed by atoms with Crippen LogP contribution in [0.1, 0.15) is 5.56 Å². The molecular formula is C25H22N2O4S. The molecule has 0 saturated carbocycles. The van der Waals surface area contributed by atoms with Gasteiger partial charge in [-0.2, -0.15) is 0 Å². The zero-order chi connectivity index (χ0) is 22.5. The zero-order valence-electron chi connectivity index (χ0n) is 17.9. The van der Waals surface area contributed by atoms with Crippen molar-refractivity contribution in [3.63, 3.8) is 0 Å². The topological polar surface area (TPSA) is 69.7 Å². The number of carbonyl (C=O) groups excluding carboxylic acids is 1. The Balaban J connectivity index is 1.43. The molecule has 0 aliphatic carbocycles. The van der Waals surface area contributed by atoms with Gasteiger partial charge in [-0.1, -0.05) is 6.07 Å². The molecule has 0 saturated heterocycles. The number of nitrogens with zero attached hydrogens (tertiary/aromatic N) is 1. The van der Waals surface area contributed by atoms with Crippen LogP contribution in [0.3, 0.4) is 0 Å². The molecule has 32 heavy (non-hydrogen) atoms. The maximum atomic E-state index is 12.3. The number of methoxy groups -OCH3 is 3. The van der Waals surface area contributed by atoms with Gasteiger partial charge in [-0.15, -0.1) is 11.3 Å². The van der Waals surface area contributed by atoms with E-state index in [9.17, 15) is 4.79 Å². The van der Waals surface area contributed by atoms with Crippen molar-refractivity contribution >= 4 is 39.2 Å². The highest BCUT2D eigenvalue weighted by molar-refractivity contribution is 7.21. The number of carbonyl (C=O) groups is 1. The van der Waals surface area contributed by atoms with E-state index in [1.807, 2.05) is 54.6 Å². The molecule has 3 aromatic carbocycles. The molecule has 4 rings (SSSR count). The minimum Gasteiger partial charge on any atom is -0.497 e. The highest BCUT2D eigenvalue weighted by Gasteiger charge is 2.08. The number of nitrogens with one attached hydrogen (secondary N) is 1. The van der Waals surface area contributed by atoms with E-state index in [2.05, 4.69) is 10.3 Å². The van der Waals surface area contributed by atoms with E-state index in [1.165, 1.54) is 6.08 Å². The van der Waals surface area contributed by atoms with Gasteiger partial charge in [-0.05, 0) is 66.2 Å². The van der Waals surface area contributed by atoms with Crippen molar-refractivity contribution < 1.29 is 19.0 Å². The van der Waals surface area contributed by atoms with Gasteiger partial charge in [0, 0.05) is 17.3 Å². The van der Waals surface area contributed by atoms with E-state index in [0.29, 0.717) is 17.2 Å². The lowest BCUT2D eigenvalue weighted by Crippen LogP contribution is -2.07. The van der Waals surface area contributed by atoms with E-state index in [4.69, 9.17) is 14.2 Å². The summed E-state index contributed by atoms with van der Waals surface area (Å²) in [7, 11) is 4.81. The number of aromatic nitrogens is 1. The van der Waals surface area contributed by atoms with Crippen molar-refractivity contribution in [2.75, 3.05) is 26.6 Å². The Hall–Kier alpha value is -3.84. The molecule has 0 bridgehead atoms. The van der Waals surface area contributed by atoms with Gasteiger partial charge in [0.15, 0.2) is 11.5 Å². The van der Waals surface area contributed by atoms with E-state index < -0.39 is 0 Å². The van der Waals surface area contributed by atoms with Crippen LogP contribution in [0.25, 0.3) is 26.9 Å². The standard InChI is InChI=1S/C25H22N2O4S/c1-29-19-10-11-20-23(15-19)32-25(27-20)17-6-8-18(9-7-17)26-24(28)13-5-16-4-12-21(30-2)22(14-16)31-3/h4-15H,1-3H3,(H,26,28)/b13-5+. The molecule has 1 heterocycles. The van der Waals surface area contributed by atoms with Crippen LogP contribution < -0.4 is 19.5 Å². The minimum atomic E-state index is -0.223. The summed E-state index contributed by atoms with van der Waals surface area (Å²) < 4.78 is 16.9. The molecule has 4 aromatic rings. The molecule has 1 N–H and O–H groups in total. The van der Waals surface area contributed by atoms with Gasteiger partial charge in [0.1, 0.15) is 10.8 Å². The number of benzene rings is 3. The second-order valence-electron chi connectivity index (χ2n) is 6.87. The summed E-state index contributed by atoms with van der Waals surface area (Å²) in [5.41, 5.74) is 3.46. The molecule has 7 heteroatoms. The van der Waals surface area contributed by atoms with Crippen LogP contribution in [-0.2, 0) is 4.79 Å². The highest BCUT2D eigenvalue weighted by Crippen LogP contribution is 2.33. The monoisotopic (exact) mass is 446 g/mol. The largest absolute Gasteiger partial charge is 0.497 e. The first-order chi connectivity index (χ1) is 15.6. The van der Waals surface area contributed by atoms with Crippen LogP contribution in [0.2, 0.25) is 0 Å². The fourth-order valence-corrected chi connectivity index (χ4v) is 4.16. The Bertz CT molecular complexity index is 1280. The predicted molar refractivity (Wildman–Crippen MR) is 129 cm³/mol. The Labute approximate surface area is 190 Å². The lowest BCUT2D eigenvalue weighted by molar-refractivity contribution is -0.111. The van der Waals surface area contributed by atoms with E-state index >= 15 is 0 Å². The number of amides is 1. The van der Waals surface area contributed by atoms with Crippen LogP contribution >= 0.6 is 11.3 Å². The summed E-state index contributed by atoms with van der Waals surface area (Å²) in [6, 6.07) is 18.9. The van der Waals surface area contributed by atoms with Crippen LogP contribution in [-0.4, -0.2) is 32.2 Å². The van der Waals surface area contributed by atoms with Gasteiger partial charge in [-0.25, -0.2) is 4.98 Å². The second kappa shape index (κ2) is 9.53. The first kappa shape index (κ1) is 21.4. The first-order valence-electron chi connectivity index (χ1n) is 9.85. The third-order valence-corrected chi connectivity index (χ3v) is 5.90. The van der Waals surface area contributed by atoms with Gasteiger partial charge >= 0.3 is 0 Å². The highest BCUT2D eigenvalue weighted by atomic mass is 32.1. The van der Waals surface area contributed by atoms with Crippen molar-refractivity contribution in [2.45, 2.75) is 0 Å². The average Bonchev–Trinajstić information content (AvgIpc) is 3.26. The molecule has 0 aliphatic heterocycles. The van der Waals surface area contributed by atoms with Gasteiger partial charge in [0.2, 0.25) is 5.91 Å². The number of fused-ring (bicyclic) bond motifs is 1. The Morgan fingerprint density at radius 3 is 2.41 bits per heavy atom. The van der Waals surface area contributed by atoms with E-state index in [1.54, 1.807) is 44.8 Å². The summed E-state index contributed by atoms with van der Waals surface area (Å²) >= 11 is 1.60. The van der Waals surface area contributed by atoms with Crippen LogP contribution in [0.15, 0.2) is 66.7 Å². The predicted octanol–water partition coefficient (Wildman–Crippen LogP) is 5.64. The van der Waals surface area contributed by atoms with Crippen LogP contribution in [0, 0.1) is 0 Å². The van der Waals surface area contributed by atoms with E-state index in [0.717, 1.165) is 32.1 Å². The van der Waals surface area contributed by atoms with Crippen molar-refractivity contribution in [1.29, 1.82) is 0 Å². The molecule has 1 amide bonds. The van der Waals surface area contributed by atoms with Crippen molar-refractivity contribution in [3.8, 4) is 27.8 Å². The van der Waals surface area contributed by atoms with Crippen LogP contribution in [0.5, 0.6) is 17.2 Å². The molecule has 1 aromatic heterocycles. The maximum absolute atomic E-state index is 12.3. The van der Waals surface area contributed by atoms with Gasteiger partial charge in [0.05, 0.1) is 31.5 Å². The molecule has 0 fully saturated rings. The first-order valence-corrected chi connectivity index (χ1v) is 10.7. The smallest absolute Gasteiger partial charge is 0.248 e. The third kappa shape index (κ3) is 4.73. The quantitative estimate of drug-likeness (QED) is 0.372. The van der Waals surface area contributed by atoms with Gasteiger partial charge < -0.3 is 19.5 Å². The fraction of sp³-hybridized carbons (Fsp3) is 0.120. The zero-order valence-corrected chi connectivity index (χ0v) is 18.7. The second-order valence-corrected chi connectivity index (χ2v) is 7.90. The SMILES string of the molecule is COc1ccc2nc(-c3ccc(NC(=O)/C=C/c4ccc(OC)c(OC)c4)cc3)sc2c1. The average molecular weight is 447 g/mol. The number of thiazole rings is 1. The molecule has 0 atom stereocenters. The fourth-order valence-electron chi connectivity index (χ4n) is 3.16. The van der Waals surface area contributed by atoms with Gasteiger partial charge in [-0.3, -0.25) is 4.79 Å². The molecule has 0 unspecified atom stereocenters. The number of hydrogen-bond acceptors (Lipinski definition) is 6. The molecule has 0 radical (unpaired) electrons. The normalized spacial score (nSPS) is 11.0. The summed E-state index contributed by atoms with van der Waals surface area (Å²) in [6.07, 6.45) is 3.21.